The quantitative estimate of drug-likeness (QED) is 0.662. The van der Waals surface area contributed by atoms with Crippen molar-refractivity contribution in [2.45, 2.75) is 71.3 Å². The molecule has 1 aliphatic carbocycles. The standard InChI is InChI=1S/C13H27N/c1-12(2)8-7-11-14-13(3)9-5-4-6-10-13/h12,14H,4-11H2,1-3H3. The van der Waals surface area contributed by atoms with E-state index in [-0.39, 0.29) is 0 Å². The fourth-order valence-corrected chi connectivity index (χ4v) is 2.41. The molecule has 0 unspecified atom stereocenters. The van der Waals surface area contributed by atoms with Crippen LogP contribution in [0, 0.1) is 5.92 Å². The Hall–Kier alpha value is -0.0400. The Morgan fingerprint density at radius 3 is 2.36 bits per heavy atom. The van der Waals surface area contributed by atoms with Crippen LogP contribution in [0.3, 0.4) is 0 Å². The summed E-state index contributed by atoms with van der Waals surface area (Å²) >= 11 is 0. The SMILES string of the molecule is CC(C)CCCNC1(C)CCCCC1. The fourth-order valence-electron chi connectivity index (χ4n) is 2.41. The summed E-state index contributed by atoms with van der Waals surface area (Å²) < 4.78 is 0. The minimum Gasteiger partial charge on any atom is -0.312 e. The molecular weight excluding hydrogens is 170 g/mol. The first-order valence-electron chi connectivity index (χ1n) is 6.37. The molecule has 0 saturated heterocycles. The van der Waals surface area contributed by atoms with Crippen LogP contribution in [0.5, 0.6) is 0 Å². The van der Waals surface area contributed by atoms with Gasteiger partial charge < -0.3 is 5.32 Å². The van der Waals surface area contributed by atoms with Crippen LogP contribution >= 0.6 is 0 Å². The molecule has 1 saturated carbocycles. The first-order valence-corrected chi connectivity index (χ1v) is 6.37. The van der Waals surface area contributed by atoms with E-state index in [9.17, 15) is 0 Å². The minimum absolute atomic E-state index is 0.467. The second-order valence-electron chi connectivity index (χ2n) is 5.58. The van der Waals surface area contributed by atoms with E-state index in [0.717, 1.165) is 5.92 Å². The Kier molecular flexibility index (Phi) is 4.94. The van der Waals surface area contributed by atoms with Crippen molar-refractivity contribution in [3.63, 3.8) is 0 Å². The molecule has 1 fully saturated rings. The van der Waals surface area contributed by atoms with Gasteiger partial charge in [0, 0.05) is 5.54 Å². The van der Waals surface area contributed by atoms with Gasteiger partial charge in [-0.3, -0.25) is 0 Å². The molecule has 1 aliphatic rings. The van der Waals surface area contributed by atoms with Crippen molar-refractivity contribution in [1.82, 2.24) is 5.32 Å². The third kappa shape index (κ3) is 4.45. The Balaban J connectivity index is 2.09. The largest absolute Gasteiger partial charge is 0.312 e. The maximum Gasteiger partial charge on any atom is 0.0153 e. The van der Waals surface area contributed by atoms with Gasteiger partial charge in [-0.05, 0) is 45.1 Å². The molecular formula is C13H27N. The van der Waals surface area contributed by atoms with E-state index in [2.05, 4.69) is 26.1 Å². The van der Waals surface area contributed by atoms with Crippen LogP contribution in [-0.4, -0.2) is 12.1 Å². The van der Waals surface area contributed by atoms with Crippen molar-refractivity contribution in [1.29, 1.82) is 0 Å². The Labute approximate surface area is 89.7 Å². The highest BCUT2D eigenvalue weighted by molar-refractivity contribution is 4.85. The molecule has 0 aliphatic heterocycles. The summed E-state index contributed by atoms with van der Waals surface area (Å²) in [6.45, 7) is 8.24. The van der Waals surface area contributed by atoms with E-state index in [0.29, 0.717) is 5.54 Å². The first kappa shape index (κ1) is 12.0. The predicted octanol–water partition coefficient (Wildman–Crippen LogP) is 3.74. The normalized spacial score (nSPS) is 21.4. The van der Waals surface area contributed by atoms with Gasteiger partial charge in [-0.1, -0.05) is 33.1 Å². The Morgan fingerprint density at radius 1 is 1.14 bits per heavy atom. The third-order valence-electron chi connectivity index (χ3n) is 3.47. The van der Waals surface area contributed by atoms with E-state index in [1.807, 2.05) is 0 Å². The Bertz CT molecular complexity index is 145. The highest BCUT2D eigenvalue weighted by Crippen LogP contribution is 2.27. The molecule has 0 radical (unpaired) electrons. The van der Waals surface area contributed by atoms with Crippen LogP contribution in [-0.2, 0) is 0 Å². The number of hydrogen-bond acceptors (Lipinski definition) is 1. The lowest BCUT2D eigenvalue weighted by molar-refractivity contribution is 0.252. The van der Waals surface area contributed by atoms with Crippen molar-refractivity contribution in [3.05, 3.63) is 0 Å². The fraction of sp³-hybridized carbons (Fsp3) is 1.00. The smallest absolute Gasteiger partial charge is 0.0153 e. The molecule has 84 valence electrons. The summed E-state index contributed by atoms with van der Waals surface area (Å²) in [5, 5.41) is 3.75. The van der Waals surface area contributed by atoms with E-state index >= 15 is 0 Å². The van der Waals surface area contributed by atoms with Gasteiger partial charge in [0.1, 0.15) is 0 Å². The van der Waals surface area contributed by atoms with Crippen LogP contribution in [0.25, 0.3) is 0 Å². The lowest BCUT2D eigenvalue weighted by Gasteiger charge is -2.35. The van der Waals surface area contributed by atoms with Gasteiger partial charge >= 0.3 is 0 Å². The third-order valence-corrected chi connectivity index (χ3v) is 3.47. The number of nitrogens with one attached hydrogen (secondary N) is 1. The molecule has 0 aromatic carbocycles. The van der Waals surface area contributed by atoms with Crippen LogP contribution in [0.2, 0.25) is 0 Å². The van der Waals surface area contributed by atoms with Gasteiger partial charge in [0.2, 0.25) is 0 Å². The molecule has 1 N–H and O–H groups in total. The van der Waals surface area contributed by atoms with Gasteiger partial charge in [0.05, 0.1) is 0 Å². The lowest BCUT2D eigenvalue weighted by Crippen LogP contribution is -2.44. The van der Waals surface area contributed by atoms with E-state index in [4.69, 9.17) is 0 Å². The maximum absolute atomic E-state index is 3.75. The summed E-state index contributed by atoms with van der Waals surface area (Å²) in [6, 6.07) is 0. The number of rotatable bonds is 5. The molecule has 1 heteroatoms. The van der Waals surface area contributed by atoms with Crippen LogP contribution in [0.1, 0.15) is 65.7 Å². The highest BCUT2D eigenvalue weighted by atomic mass is 15.0. The average Bonchev–Trinajstić information content (AvgIpc) is 2.14. The lowest BCUT2D eigenvalue weighted by atomic mass is 9.83. The zero-order valence-electron chi connectivity index (χ0n) is 10.2. The van der Waals surface area contributed by atoms with Gasteiger partial charge in [-0.25, -0.2) is 0 Å². The van der Waals surface area contributed by atoms with Crippen molar-refractivity contribution in [3.8, 4) is 0 Å². The van der Waals surface area contributed by atoms with E-state index in [1.54, 1.807) is 0 Å². The van der Waals surface area contributed by atoms with Gasteiger partial charge in [0.25, 0.3) is 0 Å². The van der Waals surface area contributed by atoms with E-state index < -0.39 is 0 Å². The second-order valence-corrected chi connectivity index (χ2v) is 5.58. The molecule has 0 spiro atoms. The molecule has 0 bridgehead atoms. The summed E-state index contributed by atoms with van der Waals surface area (Å²) in [5.41, 5.74) is 0.467. The van der Waals surface area contributed by atoms with E-state index in [1.165, 1.54) is 51.5 Å². The van der Waals surface area contributed by atoms with Crippen molar-refractivity contribution in [2.24, 2.45) is 5.92 Å². The molecule has 0 aromatic rings. The predicted molar refractivity (Wildman–Crippen MR) is 63.6 cm³/mol. The second kappa shape index (κ2) is 5.75. The molecule has 14 heavy (non-hydrogen) atoms. The monoisotopic (exact) mass is 197 g/mol. The first-order chi connectivity index (χ1) is 6.62. The molecule has 1 rings (SSSR count). The van der Waals surface area contributed by atoms with Gasteiger partial charge in [-0.15, -0.1) is 0 Å². The molecule has 0 heterocycles. The van der Waals surface area contributed by atoms with Crippen LogP contribution in [0.15, 0.2) is 0 Å². The summed E-state index contributed by atoms with van der Waals surface area (Å²) in [5.74, 6) is 0.857. The van der Waals surface area contributed by atoms with Crippen LogP contribution < -0.4 is 5.32 Å². The zero-order valence-corrected chi connectivity index (χ0v) is 10.2. The highest BCUT2D eigenvalue weighted by Gasteiger charge is 2.25. The molecule has 0 aromatic heterocycles. The van der Waals surface area contributed by atoms with Crippen molar-refractivity contribution < 1.29 is 0 Å². The van der Waals surface area contributed by atoms with Gasteiger partial charge in [-0.2, -0.15) is 0 Å². The van der Waals surface area contributed by atoms with Gasteiger partial charge in [0.15, 0.2) is 0 Å². The topological polar surface area (TPSA) is 12.0 Å². The van der Waals surface area contributed by atoms with Crippen molar-refractivity contribution in [2.75, 3.05) is 6.54 Å². The number of hydrogen-bond donors (Lipinski definition) is 1. The minimum atomic E-state index is 0.467. The Morgan fingerprint density at radius 2 is 1.79 bits per heavy atom. The van der Waals surface area contributed by atoms with Crippen LogP contribution in [0.4, 0.5) is 0 Å². The summed E-state index contributed by atoms with van der Waals surface area (Å²) in [4.78, 5) is 0. The van der Waals surface area contributed by atoms with Crippen molar-refractivity contribution >= 4 is 0 Å². The summed E-state index contributed by atoms with van der Waals surface area (Å²) in [6.07, 6.45) is 9.77. The molecule has 0 amide bonds. The molecule has 1 nitrogen and oxygen atoms in total. The zero-order chi connectivity index (χ0) is 10.4. The average molecular weight is 197 g/mol. The summed E-state index contributed by atoms with van der Waals surface area (Å²) in [7, 11) is 0. The molecule has 0 atom stereocenters. The maximum atomic E-state index is 3.75.